The van der Waals surface area contributed by atoms with Gasteiger partial charge in [-0.2, -0.15) is 0 Å². The predicted octanol–water partition coefficient (Wildman–Crippen LogP) is 2.90. The number of ether oxygens (including phenoxy) is 1. The number of methoxy groups -OCH3 is 1. The Bertz CT molecular complexity index is 340. The molecule has 1 atom stereocenters. The number of halogens is 2. The number of nitrogens with zero attached hydrogens (tertiary/aromatic N) is 1. The van der Waals surface area contributed by atoms with Crippen LogP contribution in [0.15, 0.2) is 24.3 Å². The minimum absolute atomic E-state index is 0. The van der Waals surface area contributed by atoms with Gasteiger partial charge >= 0.3 is 0 Å². The van der Waals surface area contributed by atoms with Crippen LogP contribution in [0.25, 0.3) is 0 Å². The average Bonchev–Trinajstić information content (AvgIpc) is 2.42. The van der Waals surface area contributed by atoms with E-state index in [0.29, 0.717) is 6.04 Å². The minimum Gasteiger partial charge on any atom is -0.497 e. The van der Waals surface area contributed by atoms with E-state index in [-0.39, 0.29) is 24.8 Å². The van der Waals surface area contributed by atoms with Crippen LogP contribution in [-0.2, 0) is 0 Å². The van der Waals surface area contributed by atoms with Crippen molar-refractivity contribution in [2.24, 2.45) is 0 Å². The summed E-state index contributed by atoms with van der Waals surface area (Å²) in [6, 6.07) is 9.03. The molecule has 1 aromatic carbocycles. The Morgan fingerprint density at radius 2 is 1.74 bits per heavy atom. The molecule has 2 rings (SSSR count). The average molecular weight is 307 g/mol. The Balaban J connectivity index is 0.00000162. The largest absolute Gasteiger partial charge is 0.497 e. The summed E-state index contributed by atoms with van der Waals surface area (Å²) in [5.74, 6) is 0.934. The smallest absolute Gasteiger partial charge is 0.118 e. The van der Waals surface area contributed by atoms with Crippen LogP contribution >= 0.6 is 24.8 Å². The first kappa shape index (κ1) is 18.5. The van der Waals surface area contributed by atoms with Gasteiger partial charge in [-0.15, -0.1) is 24.8 Å². The van der Waals surface area contributed by atoms with Gasteiger partial charge in [-0.1, -0.05) is 19.1 Å². The summed E-state index contributed by atoms with van der Waals surface area (Å²) >= 11 is 0. The van der Waals surface area contributed by atoms with Crippen molar-refractivity contribution in [3.8, 4) is 5.75 Å². The lowest BCUT2D eigenvalue weighted by atomic mass is 10.0. The van der Waals surface area contributed by atoms with Gasteiger partial charge in [-0.05, 0) is 24.1 Å². The van der Waals surface area contributed by atoms with E-state index in [2.05, 4.69) is 41.4 Å². The Morgan fingerprint density at radius 3 is 2.21 bits per heavy atom. The van der Waals surface area contributed by atoms with Crippen molar-refractivity contribution < 1.29 is 4.74 Å². The van der Waals surface area contributed by atoms with Crippen molar-refractivity contribution >= 4 is 24.8 Å². The molecule has 0 saturated carbocycles. The van der Waals surface area contributed by atoms with E-state index < -0.39 is 0 Å². The quantitative estimate of drug-likeness (QED) is 0.926. The van der Waals surface area contributed by atoms with Crippen molar-refractivity contribution in [3.63, 3.8) is 0 Å². The van der Waals surface area contributed by atoms with Crippen LogP contribution in [0.4, 0.5) is 0 Å². The number of hydrogen-bond donors (Lipinski definition) is 1. The van der Waals surface area contributed by atoms with E-state index >= 15 is 0 Å². The number of benzene rings is 1. The Hall–Kier alpha value is -0.480. The normalized spacial score (nSPS) is 16.9. The highest BCUT2D eigenvalue weighted by atomic mass is 35.5. The highest BCUT2D eigenvalue weighted by Crippen LogP contribution is 2.26. The van der Waals surface area contributed by atoms with Crippen molar-refractivity contribution in [1.82, 2.24) is 10.2 Å². The summed E-state index contributed by atoms with van der Waals surface area (Å²) in [6.07, 6.45) is 1.16. The molecule has 1 N–H and O–H groups in total. The predicted molar refractivity (Wildman–Crippen MR) is 85.0 cm³/mol. The van der Waals surface area contributed by atoms with Crippen molar-refractivity contribution in [2.75, 3.05) is 33.3 Å². The zero-order valence-electron chi connectivity index (χ0n) is 11.6. The van der Waals surface area contributed by atoms with Crippen molar-refractivity contribution in [3.05, 3.63) is 29.8 Å². The second-order valence-corrected chi connectivity index (χ2v) is 4.48. The van der Waals surface area contributed by atoms with E-state index in [9.17, 15) is 0 Å². The van der Waals surface area contributed by atoms with Crippen LogP contribution in [0, 0.1) is 0 Å². The van der Waals surface area contributed by atoms with Gasteiger partial charge in [0.2, 0.25) is 0 Å². The molecule has 110 valence electrons. The highest BCUT2D eigenvalue weighted by molar-refractivity contribution is 5.85. The summed E-state index contributed by atoms with van der Waals surface area (Å²) in [6.45, 7) is 6.76. The van der Waals surface area contributed by atoms with E-state index in [0.717, 1.165) is 38.3 Å². The maximum absolute atomic E-state index is 5.20. The summed E-state index contributed by atoms with van der Waals surface area (Å²) in [5.41, 5.74) is 1.40. The molecule has 1 aromatic rings. The van der Waals surface area contributed by atoms with Gasteiger partial charge in [-0.3, -0.25) is 4.90 Å². The van der Waals surface area contributed by atoms with Crippen LogP contribution in [0.1, 0.15) is 24.9 Å². The van der Waals surface area contributed by atoms with Crippen LogP contribution < -0.4 is 10.1 Å². The Kier molecular flexibility index (Phi) is 9.19. The molecule has 1 aliphatic rings. The lowest BCUT2D eigenvalue weighted by Crippen LogP contribution is -2.45. The number of rotatable bonds is 4. The van der Waals surface area contributed by atoms with Crippen molar-refractivity contribution in [1.29, 1.82) is 0 Å². The number of piperazine rings is 1. The molecular weight excluding hydrogens is 283 g/mol. The fourth-order valence-electron chi connectivity index (χ4n) is 2.52. The highest BCUT2D eigenvalue weighted by Gasteiger charge is 2.20. The number of nitrogens with one attached hydrogen (secondary N) is 1. The van der Waals surface area contributed by atoms with E-state index in [1.807, 2.05) is 0 Å². The lowest BCUT2D eigenvalue weighted by Gasteiger charge is -2.34. The second-order valence-electron chi connectivity index (χ2n) is 4.48. The monoisotopic (exact) mass is 306 g/mol. The van der Waals surface area contributed by atoms with Crippen LogP contribution in [0.3, 0.4) is 0 Å². The first-order valence-corrected chi connectivity index (χ1v) is 6.44. The molecule has 0 bridgehead atoms. The molecule has 0 amide bonds. The summed E-state index contributed by atoms with van der Waals surface area (Å²) < 4.78 is 5.20. The molecule has 1 saturated heterocycles. The SMILES string of the molecule is CC[C@H](c1ccc(OC)cc1)N1CCNCC1.Cl.Cl. The molecule has 0 aliphatic carbocycles. The summed E-state index contributed by atoms with van der Waals surface area (Å²) in [5, 5.41) is 3.40. The van der Waals surface area contributed by atoms with E-state index in [4.69, 9.17) is 4.74 Å². The third-order valence-corrected chi connectivity index (χ3v) is 3.48. The number of hydrogen-bond acceptors (Lipinski definition) is 3. The van der Waals surface area contributed by atoms with E-state index in [1.54, 1.807) is 7.11 Å². The fraction of sp³-hybridized carbons (Fsp3) is 0.571. The Morgan fingerprint density at radius 1 is 1.16 bits per heavy atom. The van der Waals surface area contributed by atoms with Gasteiger partial charge < -0.3 is 10.1 Å². The van der Waals surface area contributed by atoms with Crippen LogP contribution in [0.2, 0.25) is 0 Å². The molecule has 1 heterocycles. The van der Waals surface area contributed by atoms with Gasteiger partial charge in [0, 0.05) is 32.2 Å². The molecule has 5 heteroatoms. The fourth-order valence-corrected chi connectivity index (χ4v) is 2.52. The standard InChI is InChI=1S/C14H22N2O.2ClH/c1-3-14(16-10-8-15-9-11-16)12-4-6-13(17-2)7-5-12;;/h4-7,14-15H,3,8-11H2,1-2H3;2*1H/t14-;;/m1../s1. The summed E-state index contributed by atoms with van der Waals surface area (Å²) in [4.78, 5) is 2.57. The molecule has 1 aliphatic heterocycles. The molecule has 0 aromatic heterocycles. The zero-order chi connectivity index (χ0) is 12.1. The maximum Gasteiger partial charge on any atom is 0.118 e. The second kappa shape index (κ2) is 9.43. The Labute approximate surface area is 128 Å². The third-order valence-electron chi connectivity index (χ3n) is 3.48. The van der Waals surface area contributed by atoms with Gasteiger partial charge in [0.15, 0.2) is 0 Å². The van der Waals surface area contributed by atoms with Gasteiger partial charge in [0.25, 0.3) is 0 Å². The van der Waals surface area contributed by atoms with Crippen LogP contribution in [-0.4, -0.2) is 38.2 Å². The molecule has 0 spiro atoms. The zero-order valence-corrected chi connectivity index (χ0v) is 13.2. The van der Waals surface area contributed by atoms with Gasteiger partial charge in [-0.25, -0.2) is 0 Å². The first-order valence-electron chi connectivity index (χ1n) is 6.44. The molecule has 0 radical (unpaired) electrons. The molecule has 1 fully saturated rings. The van der Waals surface area contributed by atoms with Gasteiger partial charge in [0.05, 0.1) is 7.11 Å². The van der Waals surface area contributed by atoms with Crippen LogP contribution in [0.5, 0.6) is 5.75 Å². The molecule has 0 unspecified atom stereocenters. The molecular formula is C14H24Cl2N2O. The van der Waals surface area contributed by atoms with Gasteiger partial charge in [0.1, 0.15) is 5.75 Å². The molecule has 3 nitrogen and oxygen atoms in total. The maximum atomic E-state index is 5.20. The minimum atomic E-state index is 0. The lowest BCUT2D eigenvalue weighted by molar-refractivity contribution is 0.169. The van der Waals surface area contributed by atoms with Crippen molar-refractivity contribution in [2.45, 2.75) is 19.4 Å². The van der Waals surface area contributed by atoms with E-state index in [1.165, 1.54) is 5.56 Å². The topological polar surface area (TPSA) is 24.5 Å². The molecule has 19 heavy (non-hydrogen) atoms. The third kappa shape index (κ3) is 4.84. The first-order chi connectivity index (χ1) is 8.35. The summed E-state index contributed by atoms with van der Waals surface area (Å²) in [7, 11) is 1.71.